The van der Waals surface area contributed by atoms with Crippen molar-refractivity contribution in [2.75, 3.05) is 4.72 Å². The van der Waals surface area contributed by atoms with Crippen LogP contribution in [0.2, 0.25) is 0 Å². The quantitative estimate of drug-likeness (QED) is 0.734. The van der Waals surface area contributed by atoms with Gasteiger partial charge in [-0.3, -0.25) is 4.72 Å². The second-order valence-corrected chi connectivity index (χ2v) is 7.53. The van der Waals surface area contributed by atoms with E-state index in [2.05, 4.69) is 9.71 Å². The lowest BCUT2D eigenvalue weighted by molar-refractivity contribution is 0.511. The number of rotatable bonds is 4. The van der Waals surface area contributed by atoms with Gasteiger partial charge in [-0.05, 0) is 55.3 Å². The molecular formula is C19H16F2N2O2S. The standard InChI is InChI=1S/C19H16F2N2O2S/c1-12-11-14(26(24,25)23-18-8-3-5-13(2)22-18)9-10-15(12)16-6-4-7-17(20)19(16)21/h3-11H,1-2H3,(H,22,23). The Kier molecular flexibility index (Phi) is 4.73. The molecule has 0 saturated heterocycles. The molecule has 0 atom stereocenters. The summed E-state index contributed by atoms with van der Waals surface area (Å²) < 4.78 is 55.0. The summed E-state index contributed by atoms with van der Waals surface area (Å²) >= 11 is 0. The fourth-order valence-electron chi connectivity index (χ4n) is 2.61. The highest BCUT2D eigenvalue weighted by atomic mass is 32.2. The summed E-state index contributed by atoms with van der Waals surface area (Å²) in [5, 5.41) is 0. The van der Waals surface area contributed by atoms with E-state index in [-0.39, 0.29) is 16.3 Å². The normalized spacial score (nSPS) is 11.4. The second kappa shape index (κ2) is 6.84. The van der Waals surface area contributed by atoms with Crippen molar-refractivity contribution in [3.63, 3.8) is 0 Å². The number of nitrogens with zero attached hydrogens (tertiary/aromatic N) is 1. The van der Waals surface area contributed by atoms with Gasteiger partial charge in [0.25, 0.3) is 10.0 Å². The van der Waals surface area contributed by atoms with Gasteiger partial charge in [0.05, 0.1) is 4.90 Å². The molecule has 0 radical (unpaired) electrons. The lowest BCUT2D eigenvalue weighted by Crippen LogP contribution is -2.14. The van der Waals surface area contributed by atoms with Gasteiger partial charge in [0.15, 0.2) is 11.6 Å². The Morgan fingerprint density at radius 3 is 2.35 bits per heavy atom. The first-order valence-electron chi connectivity index (χ1n) is 7.79. The molecule has 134 valence electrons. The molecule has 0 saturated carbocycles. The lowest BCUT2D eigenvalue weighted by atomic mass is 10.00. The molecule has 0 amide bonds. The Labute approximate surface area is 150 Å². The molecule has 1 heterocycles. The lowest BCUT2D eigenvalue weighted by Gasteiger charge is -2.12. The molecule has 1 N–H and O–H groups in total. The van der Waals surface area contributed by atoms with E-state index >= 15 is 0 Å². The second-order valence-electron chi connectivity index (χ2n) is 5.85. The molecule has 0 fully saturated rings. The van der Waals surface area contributed by atoms with Gasteiger partial charge in [0, 0.05) is 11.3 Å². The highest BCUT2D eigenvalue weighted by Crippen LogP contribution is 2.29. The van der Waals surface area contributed by atoms with E-state index in [1.807, 2.05) is 0 Å². The molecule has 0 aliphatic heterocycles. The van der Waals surface area contributed by atoms with Crippen molar-refractivity contribution in [1.29, 1.82) is 0 Å². The van der Waals surface area contributed by atoms with E-state index in [1.165, 1.54) is 30.3 Å². The average Bonchev–Trinajstić information content (AvgIpc) is 2.57. The summed E-state index contributed by atoms with van der Waals surface area (Å²) in [4.78, 5) is 4.12. The number of hydrogen-bond donors (Lipinski definition) is 1. The third kappa shape index (κ3) is 3.57. The van der Waals surface area contributed by atoms with E-state index in [0.29, 0.717) is 16.8 Å². The van der Waals surface area contributed by atoms with Gasteiger partial charge in [-0.25, -0.2) is 22.2 Å². The molecule has 26 heavy (non-hydrogen) atoms. The molecule has 3 rings (SSSR count). The van der Waals surface area contributed by atoms with Crippen molar-refractivity contribution in [1.82, 2.24) is 4.98 Å². The molecule has 4 nitrogen and oxygen atoms in total. The van der Waals surface area contributed by atoms with Gasteiger partial charge >= 0.3 is 0 Å². The third-order valence-electron chi connectivity index (χ3n) is 3.88. The van der Waals surface area contributed by atoms with Crippen LogP contribution in [0.5, 0.6) is 0 Å². The maximum absolute atomic E-state index is 14.0. The number of nitrogens with one attached hydrogen (secondary N) is 1. The van der Waals surface area contributed by atoms with Crippen molar-refractivity contribution in [3.05, 3.63) is 77.5 Å². The van der Waals surface area contributed by atoms with Crippen molar-refractivity contribution in [2.24, 2.45) is 0 Å². The van der Waals surface area contributed by atoms with Crippen molar-refractivity contribution >= 4 is 15.8 Å². The van der Waals surface area contributed by atoms with Gasteiger partial charge < -0.3 is 0 Å². The maximum Gasteiger partial charge on any atom is 0.263 e. The fraction of sp³-hybridized carbons (Fsp3) is 0.105. The molecule has 0 aliphatic carbocycles. The van der Waals surface area contributed by atoms with Crippen LogP contribution in [-0.2, 0) is 10.0 Å². The van der Waals surface area contributed by atoms with Crippen LogP contribution in [0.4, 0.5) is 14.6 Å². The van der Waals surface area contributed by atoms with Gasteiger partial charge in [-0.15, -0.1) is 0 Å². The fourth-order valence-corrected chi connectivity index (χ4v) is 3.70. The van der Waals surface area contributed by atoms with E-state index < -0.39 is 21.7 Å². The smallest absolute Gasteiger partial charge is 0.263 e. The molecule has 0 unspecified atom stereocenters. The minimum absolute atomic E-state index is 0.0128. The van der Waals surface area contributed by atoms with Crippen LogP contribution in [0.15, 0.2) is 59.5 Å². The minimum Gasteiger partial charge on any atom is -0.263 e. The summed E-state index contributed by atoms with van der Waals surface area (Å²) in [6, 6.07) is 13.1. The summed E-state index contributed by atoms with van der Waals surface area (Å²) in [6.45, 7) is 3.40. The van der Waals surface area contributed by atoms with Crippen LogP contribution >= 0.6 is 0 Å². The number of benzene rings is 2. The first kappa shape index (κ1) is 18.0. The molecule has 2 aromatic carbocycles. The molecule has 0 bridgehead atoms. The zero-order chi connectivity index (χ0) is 18.9. The Morgan fingerprint density at radius 2 is 1.65 bits per heavy atom. The summed E-state index contributed by atoms with van der Waals surface area (Å²) in [7, 11) is -3.85. The number of sulfonamides is 1. The van der Waals surface area contributed by atoms with E-state index in [1.54, 1.807) is 32.0 Å². The Bertz CT molecular complexity index is 1080. The average molecular weight is 374 g/mol. The van der Waals surface area contributed by atoms with Gasteiger partial charge in [0.1, 0.15) is 5.82 Å². The number of anilines is 1. The third-order valence-corrected chi connectivity index (χ3v) is 5.23. The first-order chi connectivity index (χ1) is 12.3. The summed E-state index contributed by atoms with van der Waals surface area (Å²) in [5.74, 6) is -1.71. The number of aryl methyl sites for hydroxylation is 2. The van der Waals surface area contributed by atoms with Gasteiger partial charge in [-0.2, -0.15) is 0 Å². The van der Waals surface area contributed by atoms with Gasteiger partial charge in [0.2, 0.25) is 0 Å². The monoisotopic (exact) mass is 374 g/mol. The van der Waals surface area contributed by atoms with Crippen molar-refractivity contribution in [2.45, 2.75) is 18.7 Å². The van der Waals surface area contributed by atoms with E-state index in [9.17, 15) is 17.2 Å². The van der Waals surface area contributed by atoms with Crippen LogP contribution < -0.4 is 4.72 Å². The highest BCUT2D eigenvalue weighted by Gasteiger charge is 2.18. The van der Waals surface area contributed by atoms with Crippen molar-refractivity contribution < 1.29 is 17.2 Å². The minimum atomic E-state index is -3.85. The number of pyridine rings is 1. The van der Waals surface area contributed by atoms with Crippen LogP contribution in [0.1, 0.15) is 11.3 Å². The largest absolute Gasteiger partial charge is 0.263 e. The molecule has 3 aromatic rings. The highest BCUT2D eigenvalue weighted by molar-refractivity contribution is 7.92. The summed E-state index contributed by atoms with van der Waals surface area (Å²) in [5.41, 5.74) is 1.70. The van der Waals surface area contributed by atoms with Crippen molar-refractivity contribution in [3.8, 4) is 11.1 Å². The number of hydrogen-bond acceptors (Lipinski definition) is 3. The first-order valence-corrected chi connectivity index (χ1v) is 9.28. The molecule has 0 spiro atoms. The van der Waals surface area contributed by atoms with Crippen LogP contribution in [0, 0.1) is 25.5 Å². The Balaban J connectivity index is 1.97. The van der Waals surface area contributed by atoms with Crippen LogP contribution in [0.3, 0.4) is 0 Å². The number of halogens is 2. The molecular weight excluding hydrogens is 358 g/mol. The SMILES string of the molecule is Cc1cccc(NS(=O)(=O)c2ccc(-c3cccc(F)c3F)c(C)c2)n1. The predicted octanol–water partition coefficient (Wildman–Crippen LogP) is 4.44. The zero-order valence-corrected chi connectivity index (χ0v) is 14.9. The van der Waals surface area contributed by atoms with Crippen LogP contribution in [0.25, 0.3) is 11.1 Å². The van der Waals surface area contributed by atoms with Crippen LogP contribution in [-0.4, -0.2) is 13.4 Å². The zero-order valence-electron chi connectivity index (χ0n) is 14.1. The number of aromatic nitrogens is 1. The van der Waals surface area contributed by atoms with E-state index in [0.717, 1.165) is 6.07 Å². The molecule has 1 aromatic heterocycles. The molecule has 0 aliphatic rings. The Morgan fingerprint density at radius 1 is 0.923 bits per heavy atom. The Hall–Kier alpha value is -2.80. The predicted molar refractivity (Wildman–Crippen MR) is 96.3 cm³/mol. The molecule has 7 heteroatoms. The topological polar surface area (TPSA) is 59.1 Å². The van der Waals surface area contributed by atoms with Gasteiger partial charge in [-0.1, -0.05) is 24.3 Å². The van der Waals surface area contributed by atoms with E-state index in [4.69, 9.17) is 0 Å². The maximum atomic E-state index is 14.0. The summed E-state index contributed by atoms with van der Waals surface area (Å²) in [6.07, 6.45) is 0.